The molecule has 0 spiro atoms. The summed E-state index contributed by atoms with van der Waals surface area (Å²) >= 11 is 0. The van der Waals surface area contributed by atoms with Crippen molar-refractivity contribution < 1.29 is 14.1 Å². The molecule has 2 aliphatic rings. The lowest BCUT2D eigenvalue weighted by atomic mass is 9.75. The van der Waals surface area contributed by atoms with E-state index in [1.807, 2.05) is 12.3 Å². The van der Waals surface area contributed by atoms with Crippen LogP contribution in [0.3, 0.4) is 0 Å². The average molecular weight is 371 g/mol. The van der Waals surface area contributed by atoms with Gasteiger partial charge < -0.3 is 15.2 Å². The molecule has 2 N–H and O–H groups in total. The molecule has 144 valence electrons. The van der Waals surface area contributed by atoms with Gasteiger partial charge in [-0.2, -0.15) is 5.10 Å². The highest BCUT2D eigenvalue weighted by atomic mass is 16.5. The van der Waals surface area contributed by atoms with Crippen molar-refractivity contribution in [3.05, 3.63) is 35.5 Å². The van der Waals surface area contributed by atoms with E-state index >= 15 is 0 Å². The van der Waals surface area contributed by atoms with Gasteiger partial charge in [-0.05, 0) is 38.2 Å². The Balaban J connectivity index is 1.56. The number of amides is 2. The number of aromatic nitrogens is 3. The van der Waals surface area contributed by atoms with Crippen LogP contribution >= 0.6 is 0 Å². The van der Waals surface area contributed by atoms with Gasteiger partial charge in [0, 0.05) is 31.0 Å². The Bertz CT molecular complexity index is 840. The standard InChI is InChI=1S/C19H25N5O3/c1-13-15(11-24-9-3-7-21-24)16(22-27-13)17(25)23-8-2-6-19(12-23,18(20)26)10-14-4-5-14/h3,7,9,14H,2,4-6,8,10-12H2,1H3,(H2,20,26). The van der Waals surface area contributed by atoms with E-state index in [2.05, 4.69) is 10.3 Å². The molecule has 0 aromatic carbocycles. The van der Waals surface area contributed by atoms with Gasteiger partial charge in [0.2, 0.25) is 5.91 Å². The molecule has 1 aliphatic carbocycles. The molecule has 1 saturated carbocycles. The summed E-state index contributed by atoms with van der Waals surface area (Å²) < 4.78 is 7.03. The predicted molar refractivity (Wildman–Crippen MR) is 96.7 cm³/mol. The lowest BCUT2D eigenvalue weighted by Gasteiger charge is -2.40. The Labute approximate surface area is 157 Å². The van der Waals surface area contributed by atoms with Crippen molar-refractivity contribution in [2.75, 3.05) is 13.1 Å². The van der Waals surface area contributed by atoms with Gasteiger partial charge in [-0.3, -0.25) is 14.3 Å². The molecule has 1 atom stereocenters. The van der Waals surface area contributed by atoms with Crippen molar-refractivity contribution in [3.8, 4) is 0 Å². The van der Waals surface area contributed by atoms with Gasteiger partial charge in [-0.15, -0.1) is 0 Å². The van der Waals surface area contributed by atoms with Gasteiger partial charge in [0.05, 0.1) is 12.0 Å². The molecule has 2 fully saturated rings. The summed E-state index contributed by atoms with van der Waals surface area (Å²) in [6.45, 7) is 3.18. The molecule has 27 heavy (non-hydrogen) atoms. The number of likely N-dealkylation sites (tertiary alicyclic amines) is 1. The van der Waals surface area contributed by atoms with E-state index in [0.29, 0.717) is 37.0 Å². The molecule has 2 amide bonds. The Morgan fingerprint density at radius 2 is 2.22 bits per heavy atom. The zero-order chi connectivity index (χ0) is 19.0. The van der Waals surface area contributed by atoms with E-state index in [0.717, 1.165) is 37.7 Å². The summed E-state index contributed by atoms with van der Waals surface area (Å²) in [7, 11) is 0. The fraction of sp³-hybridized carbons (Fsp3) is 0.579. The first-order valence-corrected chi connectivity index (χ1v) is 9.50. The first-order chi connectivity index (χ1) is 13.0. The van der Waals surface area contributed by atoms with Crippen LogP contribution in [0.2, 0.25) is 0 Å². The zero-order valence-corrected chi connectivity index (χ0v) is 15.6. The SMILES string of the molecule is Cc1onc(C(=O)N2CCCC(CC3CC3)(C(N)=O)C2)c1Cn1cccn1. The first kappa shape index (κ1) is 17.8. The van der Waals surface area contributed by atoms with Crippen molar-refractivity contribution in [2.45, 2.75) is 45.6 Å². The van der Waals surface area contributed by atoms with E-state index in [9.17, 15) is 9.59 Å². The van der Waals surface area contributed by atoms with Crippen LogP contribution in [-0.2, 0) is 11.3 Å². The van der Waals surface area contributed by atoms with Crippen LogP contribution in [0.1, 0.15) is 53.9 Å². The molecule has 2 aromatic rings. The Kier molecular flexibility index (Phi) is 4.49. The van der Waals surface area contributed by atoms with Gasteiger partial charge >= 0.3 is 0 Å². The number of hydrogen-bond acceptors (Lipinski definition) is 5. The fourth-order valence-corrected chi connectivity index (χ4v) is 4.10. The number of primary amides is 1. The molecule has 8 nitrogen and oxygen atoms in total. The molecule has 3 heterocycles. The maximum absolute atomic E-state index is 13.2. The largest absolute Gasteiger partial charge is 0.369 e. The second kappa shape index (κ2) is 6.83. The number of hydrogen-bond donors (Lipinski definition) is 1. The van der Waals surface area contributed by atoms with Crippen LogP contribution in [0, 0.1) is 18.3 Å². The lowest BCUT2D eigenvalue weighted by molar-refractivity contribution is -0.131. The molecule has 1 unspecified atom stereocenters. The highest BCUT2D eigenvalue weighted by Gasteiger charge is 2.46. The number of aryl methyl sites for hydroxylation is 1. The highest BCUT2D eigenvalue weighted by molar-refractivity contribution is 5.94. The molecule has 8 heteroatoms. The molecule has 0 bridgehead atoms. The topological polar surface area (TPSA) is 107 Å². The molecule has 1 saturated heterocycles. The first-order valence-electron chi connectivity index (χ1n) is 9.50. The van der Waals surface area contributed by atoms with E-state index in [-0.39, 0.29) is 11.8 Å². The van der Waals surface area contributed by atoms with Gasteiger partial charge in [-0.1, -0.05) is 18.0 Å². The summed E-state index contributed by atoms with van der Waals surface area (Å²) in [5, 5.41) is 8.21. The highest BCUT2D eigenvalue weighted by Crippen LogP contribution is 2.44. The van der Waals surface area contributed by atoms with Crippen molar-refractivity contribution in [1.29, 1.82) is 0 Å². The smallest absolute Gasteiger partial charge is 0.276 e. The van der Waals surface area contributed by atoms with E-state index in [4.69, 9.17) is 10.3 Å². The van der Waals surface area contributed by atoms with E-state index in [1.54, 1.807) is 22.7 Å². The van der Waals surface area contributed by atoms with Crippen molar-refractivity contribution >= 4 is 11.8 Å². The molecule has 4 rings (SSSR count). The van der Waals surface area contributed by atoms with E-state index in [1.165, 1.54) is 0 Å². The van der Waals surface area contributed by atoms with Crippen LogP contribution in [0.25, 0.3) is 0 Å². The second-order valence-electron chi connectivity index (χ2n) is 7.89. The van der Waals surface area contributed by atoms with Crippen LogP contribution in [0.4, 0.5) is 0 Å². The fourth-order valence-electron chi connectivity index (χ4n) is 4.10. The minimum absolute atomic E-state index is 0.199. The maximum Gasteiger partial charge on any atom is 0.276 e. The zero-order valence-electron chi connectivity index (χ0n) is 15.6. The van der Waals surface area contributed by atoms with Crippen LogP contribution in [0.15, 0.2) is 23.0 Å². The Morgan fingerprint density at radius 1 is 1.41 bits per heavy atom. The third-order valence-electron chi connectivity index (χ3n) is 5.83. The minimum Gasteiger partial charge on any atom is -0.369 e. The number of nitrogens with zero attached hydrogens (tertiary/aromatic N) is 4. The molecule has 2 aromatic heterocycles. The number of piperidine rings is 1. The number of rotatable bonds is 6. The van der Waals surface area contributed by atoms with Crippen molar-refractivity contribution in [2.24, 2.45) is 17.1 Å². The van der Waals surface area contributed by atoms with Gasteiger partial charge in [0.1, 0.15) is 5.76 Å². The third-order valence-corrected chi connectivity index (χ3v) is 5.83. The Morgan fingerprint density at radius 3 is 2.89 bits per heavy atom. The van der Waals surface area contributed by atoms with Gasteiger partial charge in [0.25, 0.3) is 5.91 Å². The second-order valence-corrected chi connectivity index (χ2v) is 7.89. The lowest BCUT2D eigenvalue weighted by Crippen LogP contribution is -2.52. The number of carbonyl (C=O) groups excluding carboxylic acids is 2. The van der Waals surface area contributed by atoms with Crippen molar-refractivity contribution in [3.63, 3.8) is 0 Å². The normalized spacial score (nSPS) is 22.8. The Hall–Kier alpha value is -2.64. The molecule has 1 aliphatic heterocycles. The third kappa shape index (κ3) is 3.48. The van der Waals surface area contributed by atoms with Crippen LogP contribution < -0.4 is 5.73 Å². The number of carbonyl (C=O) groups is 2. The summed E-state index contributed by atoms with van der Waals surface area (Å²) in [4.78, 5) is 27.2. The van der Waals surface area contributed by atoms with Crippen LogP contribution in [-0.4, -0.2) is 44.7 Å². The summed E-state index contributed by atoms with van der Waals surface area (Å²) in [6, 6.07) is 1.83. The van der Waals surface area contributed by atoms with Gasteiger partial charge in [-0.25, -0.2) is 0 Å². The summed E-state index contributed by atoms with van der Waals surface area (Å²) in [5.41, 5.74) is 6.19. The minimum atomic E-state index is -0.615. The van der Waals surface area contributed by atoms with E-state index < -0.39 is 5.41 Å². The molecule has 0 radical (unpaired) electrons. The molecular formula is C19H25N5O3. The quantitative estimate of drug-likeness (QED) is 0.832. The monoisotopic (exact) mass is 371 g/mol. The average Bonchev–Trinajstić information content (AvgIpc) is 3.17. The summed E-state index contributed by atoms with van der Waals surface area (Å²) in [6.07, 6.45) is 8.12. The van der Waals surface area contributed by atoms with Gasteiger partial charge in [0.15, 0.2) is 5.69 Å². The summed E-state index contributed by atoms with van der Waals surface area (Å²) in [5.74, 6) is 0.678. The van der Waals surface area contributed by atoms with Crippen LogP contribution in [0.5, 0.6) is 0 Å². The molecular weight excluding hydrogens is 346 g/mol. The number of nitrogens with two attached hydrogens (primary N) is 1. The maximum atomic E-state index is 13.2. The van der Waals surface area contributed by atoms with Crippen molar-refractivity contribution in [1.82, 2.24) is 19.8 Å². The predicted octanol–water partition coefficient (Wildman–Crippen LogP) is 1.74.